The summed E-state index contributed by atoms with van der Waals surface area (Å²) in [5, 5.41) is 2.17. The van der Waals surface area contributed by atoms with Crippen LogP contribution in [0.5, 0.6) is 0 Å². The molecule has 0 unspecified atom stereocenters. The Morgan fingerprint density at radius 1 is 1.39 bits per heavy atom. The summed E-state index contributed by atoms with van der Waals surface area (Å²) in [5.74, 6) is 0. The number of H-pyrrole nitrogens is 1. The Bertz CT molecular complexity index is 588. The average Bonchev–Trinajstić information content (AvgIpc) is 2.78. The van der Waals surface area contributed by atoms with Crippen LogP contribution in [0, 0.1) is 3.95 Å². The third-order valence-corrected chi connectivity index (χ3v) is 4.82. The highest BCUT2D eigenvalue weighted by molar-refractivity contribution is 7.97. The molecule has 1 aromatic heterocycles. The van der Waals surface area contributed by atoms with Gasteiger partial charge in [-0.05, 0) is 36.3 Å². The van der Waals surface area contributed by atoms with Gasteiger partial charge in [-0.15, -0.1) is 11.3 Å². The number of fused-ring (bicyclic) bond motifs is 1. The van der Waals surface area contributed by atoms with Crippen molar-refractivity contribution < 1.29 is 4.74 Å². The molecule has 0 aliphatic carbocycles. The van der Waals surface area contributed by atoms with E-state index in [1.54, 1.807) is 23.3 Å². The lowest BCUT2D eigenvalue weighted by molar-refractivity contribution is 0.0290. The molecule has 4 nitrogen and oxygen atoms in total. The number of aromatic nitrogens is 1. The van der Waals surface area contributed by atoms with E-state index in [1.165, 1.54) is 9.60 Å². The Labute approximate surface area is 118 Å². The maximum atomic E-state index is 5.32. The summed E-state index contributed by atoms with van der Waals surface area (Å²) >= 11 is 8.42. The summed E-state index contributed by atoms with van der Waals surface area (Å²) in [6, 6.07) is 6.24. The number of ether oxygens (including phenoxy) is 1. The van der Waals surface area contributed by atoms with Gasteiger partial charge in [0.05, 0.1) is 23.4 Å². The summed E-state index contributed by atoms with van der Waals surface area (Å²) in [5.41, 5.74) is 1.12. The molecule has 0 bridgehead atoms. The van der Waals surface area contributed by atoms with Crippen molar-refractivity contribution in [3.05, 3.63) is 22.2 Å². The quantitative estimate of drug-likeness (QED) is 0.674. The molecule has 18 heavy (non-hydrogen) atoms. The largest absolute Gasteiger partial charge is 0.379 e. The van der Waals surface area contributed by atoms with Crippen LogP contribution in [0.25, 0.3) is 10.2 Å². The molecule has 1 fully saturated rings. The van der Waals surface area contributed by atoms with Crippen LogP contribution in [-0.4, -0.2) is 36.3 Å². The highest BCUT2D eigenvalue weighted by atomic mass is 32.2. The number of nitrogens with one attached hydrogen (secondary N) is 2. The predicted molar refractivity (Wildman–Crippen MR) is 78.4 cm³/mol. The zero-order valence-electron chi connectivity index (χ0n) is 9.64. The van der Waals surface area contributed by atoms with E-state index < -0.39 is 0 Å². The molecule has 1 saturated heterocycles. The lowest BCUT2D eigenvalue weighted by Gasteiger charge is -2.26. The van der Waals surface area contributed by atoms with Crippen molar-refractivity contribution >= 4 is 45.7 Å². The van der Waals surface area contributed by atoms with Crippen LogP contribution < -0.4 is 4.83 Å². The first-order valence-corrected chi connectivity index (χ1v) is 7.74. The second kappa shape index (κ2) is 5.68. The molecule has 0 radical (unpaired) electrons. The monoisotopic (exact) mass is 299 g/mol. The highest BCUT2D eigenvalue weighted by Gasteiger charge is 2.11. The molecule has 1 aliphatic rings. The van der Waals surface area contributed by atoms with E-state index >= 15 is 0 Å². The first kappa shape index (κ1) is 12.6. The average molecular weight is 299 g/mol. The third-order valence-electron chi connectivity index (χ3n) is 2.71. The minimum absolute atomic E-state index is 0.790. The minimum Gasteiger partial charge on any atom is -0.379 e. The van der Waals surface area contributed by atoms with Crippen LogP contribution >= 0.6 is 35.5 Å². The van der Waals surface area contributed by atoms with Gasteiger partial charge in [-0.3, -0.25) is 0 Å². The molecular formula is C11H13N3OS3. The van der Waals surface area contributed by atoms with E-state index in [-0.39, 0.29) is 0 Å². The predicted octanol–water partition coefficient (Wildman–Crippen LogP) is 2.80. The number of para-hydroxylation sites is 1. The summed E-state index contributed by atoms with van der Waals surface area (Å²) in [6.07, 6.45) is 0. The molecule has 2 aromatic rings. The molecule has 2 heterocycles. The summed E-state index contributed by atoms with van der Waals surface area (Å²) < 4.78 is 7.34. The fraction of sp³-hybridized carbons (Fsp3) is 0.364. The fourth-order valence-corrected chi connectivity index (χ4v) is 3.82. The van der Waals surface area contributed by atoms with Gasteiger partial charge in [0.2, 0.25) is 0 Å². The molecule has 0 atom stereocenters. The van der Waals surface area contributed by atoms with Crippen LogP contribution in [0.3, 0.4) is 0 Å². The fourth-order valence-electron chi connectivity index (χ4n) is 1.80. The molecule has 3 rings (SSSR count). The number of rotatable bonds is 3. The second-order valence-corrected chi connectivity index (χ2v) is 6.48. The normalized spacial score (nSPS) is 17.3. The topological polar surface area (TPSA) is 40.3 Å². The van der Waals surface area contributed by atoms with E-state index in [4.69, 9.17) is 17.0 Å². The number of hydrogen-bond acceptors (Lipinski definition) is 6. The van der Waals surface area contributed by atoms with E-state index in [0.717, 1.165) is 35.8 Å². The number of hydrogen-bond donors (Lipinski definition) is 2. The number of aromatic amines is 1. The molecule has 7 heteroatoms. The lowest BCUT2D eigenvalue weighted by atomic mass is 10.3. The van der Waals surface area contributed by atoms with Crippen molar-refractivity contribution in [1.29, 1.82) is 0 Å². The van der Waals surface area contributed by atoms with Crippen molar-refractivity contribution in [1.82, 2.24) is 14.8 Å². The zero-order valence-corrected chi connectivity index (χ0v) is 12.1. The van der Waals surface area contributed by atoms with Gasteiger partial charge in [0.1, 0.15) is 0 Å². The van der Waals surface area contributed by atoms with Crippen LogP contribution in [0.2, 0.25) is 0 Å². The number of morpholine rings is 1. The minimum atomic E-state index is 0.790. The standard InChI is InChI=1S/C11H13N3OS3/c16-11-12-10-8(17-11)2-1-3-9(10)18-13-14-4-6-15-7-5-14/h1-3,13H,4-7H2,(H,12,16). The maximum Gasteiger partial charge on any atom is 0.159 e. The van der Waals surface area contributed by atoms with E-state index in [9.17, 15) is 0 Å². The van der Waals surface area contributed by atoms with Gasteiger partial charge in [0.25, 0.3) is 0 Å². The van der Waals surface area contributed by atoms with Crippen LogP contribution in [0.4, 0.5) is 0 Å². The van der Waals surface area contributed by atoms with E-state index in [0.29, 0.717) is 0 Å². The van der Waals surface area contributed by atoms with Crippen LogP contribution in [0.15, 0.2) is 23.1 Å². The van der Waals surface area contributed by atoms with Crippen LogP contribution in [-0.2, 0) is 4.74 Å². The zero-order chi connectivity index (χ0) is 12.4. The van der Waals surface area contributed by atoms with Crippen molar-refractivity contribution in [2.75, 3.05) is 26.3 Å². The Kier molecular flexibility index (Phi) is 3.97. The number of hydrazine groups is 1. The smallest absolute Gasteiger partial charge is 0.159 e. The van der Waals surface area contributed by atoms with Gasteiger partial charge in [-0.2, -0.15) is 4.83 Å². The summed E-state index contributed by atoms with van der Waals surface area (Å²) in [7, 11) is 0. The lowest BCUT2D eigenvalue weighted by Crippen LogP contribution is -2.42. The maximum absolute atomic E-state index is 5.32. The van der Waals surface area contributed by atoms with Crippen molar-refractivity contribution in [3.8, 4) is 0 Å². The summed E-state index contributed by atoms with van der Waals surface area (Å²) in [4.78, 5) is 7.78. The Morgan fingerprint density at radius 3 is 3.06 bits per heavy atom. The van der Waals surface area contributed by atoms with Gasteiger partial charge in [0, 0.05) is 18.0 Å². The molecule has 1 aromatic carbocycles. The second-order valence-electron chi connectivity index (χ2n) is 3.94. The van der Waals surface area contributed by atoms with Crippen molar-refractivity contribution in [3.63, 3.8) is 0 Å². The third kappa shape index (κ3) is 2.76. The van der Waals surface area contributed by atoms with Gasteiger partial charge in [-0.25, -0.2) is 5.01 Å². The van der Waals surface area contributed by atoms with Gasteiger partial charge in [0.15, 0.2) is 3.95 Å². The summed E-state index contributed by atoms with van der Waals surface area (Å²) in [6.45, 7) is 3.42. The van der Waals surface area contributed by atoms with E-state index in [2.05, 4.69) is 33.0 Å². The molecule has 0 saturated carbocycles. The van der Waals surface area contributed by atoms with Gasteiger partial charge >= 0.3 is 0 Å². The Balaban J connectivity index is 1.75. The number of nitrogens with zero attached hydrogens (tertiary/aromatic N) is 1. The molecule has 1 aliphatic heterocycles. The molecule has 2 N–H and O–H groups in total. The van der Waals surface area contributed by atoms with Crippen molar-refractivity contribution in [2.24, 2.45) is 0 Å². The Morgan fingerprint density at radius 2 is 2.22 bits per heavy atom. The first-order chi connectivity index (χ1) is 8.83. The van der Waals surface area contributed by atoms with E-state index in [1.807, 2.05) is 0 Å². The first-order valence-electron chi connectivity index (χ1n) is 5.70. The van der Waals surface area contributed by atoms with Gasteiger partial charge in [-0.1, -0.05) is 6.07 Å². The highest BCUT2D eigenvalue weighted by Crippen LogP contribution is 2.28. The molecule has 96 valence electrons. The van der Waals surface area contributed by atoms with Crippen molar-refractivity contribution in [2.45, 2.75) is 4.90 Å². The Hall–Kier alpha value is -0.440. The number of benzene rings is 1. The molecule has 0 amide bonds. The SMILES string of the molecule is S=c1[nH]c2c(SNN3CCOCC3)cccc2s1. The number of thiazole rings is 1. The molecule has 0 spiro atoms. The molecular weight excluding hydrogens is 286 g/mol. The van der Waals surface area contributed by atoms with Crippen LogP contribution in [0.1, 0.15) is 0 Å². The van der Waals surface area contributed by atoms with Gasteiger partial charge < -0.3 is 9.72 Å².